The van der Waals surface area contributed by atoms with Crippen LogP contribution in [-0.2, 0) is 0 Å². The van der Waals surface area contributed by atoms with E-state index < -0.39 is 7.12 Å². The maximum atomic E-state index is 11.7. The number of hydrogen-bond donors (Lipinski definition) is 2. The van der Waals surface area contributed by atoms with E-state index in [1.165, 1.54) is 12.1 Å². The van der Waals surface area contributed by atoms with E-state index in [4.69, 9.17) is 10.0 Å². The molecule has 0 radical (unpaired) electrons. The van der Waals surface area contributed by atoms with Crippen LogP contribution in [0, 0.1) is 12.8 Å². The van der Waals surface area contributed by atoms with E-state index in [0.717, 1.165) is 0 Å². The van der Waals surface area contributed by atoms with Gasteiger partial charge in [0.25, 0.3) is 0 Å². The lowest BCUT2D eigenvalue weighted by Gasteiger charge is -2.07. The summed E-state index contributed by atoms with van der Waals surface area (Å²) >= 11 is 0. The summed E-state index contributed by atoms with van der Waals surface area (Å²) in [7, 11) is -1.54. The van der Waals surface area contributed by atoms with E-state index >= 15 is 0 Å². The summed E-state index contributed by atoms with van der Waals surface area (Å²) in [5, 5.41) is 18.0. The van der Waals surface area contributed by atoms with Crippen LogP contribution >= 0.6 is 0 Å². The van der Waals surface area contributed by atoms with Gasteiger partial charge in [-0.15, -0.1) is 0 Å². The molecule has 1 rings (SSSR count). The summed E-state index contributed by atoms with van der Waals surface area (Å²) in [6, 6.07) is 3.06. The Kier molecular flexibility index (Phi) is 4.21. The third kappa shape index (κ3) is 3.15. The first-order valence-electron chi connectivity index (χ1n) is 5.28. The number of carbonyl (C=O) groups is 1. The van der Waals surface area contributed by atoms with Crippen molar-refractivity contribution < 1.29 is 14.8 Å². The van der Waals surface area contributed by atoms with Gasteiger partial charge in [-0.1, -0.05) is 19.9 Å². The lowest BCUT2D eigenvalue weighted by Crippen LogP contribution is -2.33. The minimum Gasteiger partial charge on any atom is -0.423 e. The average Bonchev–Trinajstić information content (AvgIpc) is 2.15. The Morgan fingerprint density at radius 2 is 2.06 bits per heavy atom. The molecule has 0 aliphatic heterocycles. The molecule has 0 saturated heterocycles. The van der Waals surface area contributed by atoms with Gasteiger partial charge >= 0.3 is 7.12 Å². The largest absolute Gasteiger partial charge is 0.490 e. The highest BCUT2D eigenvalue weighted by atomic mass is 16.4. The first kappa shape index (κ1) is 12.9. The predicted octanol–water partition coefficient (Wildman–Crippen LogP) is 0.299. The molecule has 1 aromatic rings. The van der Waals surface area contributed by atoms with Gasteiger partial charge in [-0.3, -0.25) is 9.78 Å². The fraction of sp³-hybridized carbons (Fsp3) is 0.455. The van der Waals surface area contributed by atoms with E-state index in [9.17, 15) is 4.79 Å². The molecular weight excluding hydrogens is 205 g/mol. The molecule has 0 saturated carbocycles. The Morgan fingerprint density at radius 3 is 2.50 bits per heavy atom. The number of Topliss-reactive ketones (excluding diaryl/α,β-unsaturated/α-hetero) is 1. The Morgan fingerprint density at radius 1 is 1.44 bits per heavy atom. The van der Waals surface area contributed by atoms with Crippen LogP contribution in [0.2, 0.25) is 0 Å². The van der Waals surface area contributed by atoms with Gasteiger partial charge in [0.15, 0.2) is 5.78 Å². The standard InChI is InChI=1S/C11H16BNO3/c1-7(2)6-11(14)10-5-4-9(12(15)16)8(3)13-10/h4-5,7,15-16H,6H2,1-3H3. The highest BCUT2D eigenvalue weighted by molar-refractivity contribution is 6.59. The number of aromatic nitrogens is 1. The van der Waals surface area contributed by atoms with E-state index in [-0.39, 0.29) is 11.7 Å². The van der Waals surface area contributed by atoms with Crippen molar-refractivity contribution in [3.63, 3.8) is 0 Å². The van der Waals surface area contributed by atoms with Crippen LogP contribution in [0.15, 0.2) is 12.1 Å². The third-order valence-electron chi connectivity index (χ3n) is 2.28. The topological polar surface area (TPSA) is 70.4 Å². The highest BCUT2D eigenvalue weighted by Gasteiger charge is 2.17. The Hall–Kier alpha value is -1.20. The van der Waals surface area contributed by atoms with Gasteiger partial charge in [-0.25, -0.2) is 0 Å². The Bertz CT molecular complexity index is 391. The molecule has 0 aliphatic carbocycles. The number of ketones is 1. The SMILES string of the molecule is Cc1nc(C(=O)CC(C)C)ccc1B(O)O. The van der Waals surface area contributed by atoms with Crippen molar-refractivity contribution in [1.82, 2.24) is 4.98 Å². The summed E-state index contributed by atoms with van der Waals surface area (Å²) in [5.74, 6) is 0.273. The first-order chi connectivity index (χ1) is 7.41. The van der Waals surface area contributed by atoms with Crippen molar-refractivity contribution in [3.8, 4) is 0 Å². The summed E-state index contributed by atoms with van der Waals surface area (Å²) in [4.78, 5) is 15.8. The molecular formula is C11H16BNO3. The van der Waals surface area contributed by atoms with Crippen molar-refractivity contribution >= 4 is 18.4 Å². The number of nitrogens with zero attached hydrogens (tertiary/aromatic N) is 1. The average molecular weight is 221 g/mol. The maximum Gasteiger partial charge on any atom is 0.490 e. The van der Waals surface area contributed by atoms with Crippen LogP contribution in [0.5, 0.6) is 0 Å². The van der Waals surface area contributed by atoms with Crippen molar-refractivity contribution in [2.45, 2.75) is 27.2 Å². The van der Waals surface area contributed by atoms with Crippen LogP contribution < -0.4 is 5.46 Å². The maximum absolute atomic E-state index is 11.7. The first-order valence-corrected chi connectivity index (χ1v) is 5.28. The number of carbonyl (C=O) groups excluding carboxylic acids is 1. The minimum absolute atomic E-state index is 0.0166. The van der Waals surface area contributed by atoms with Crippen LogP contribution in [0.4, 0.5) is 0 Å². The summed E-state index contributed by atoms with van der Waals surface area (Å²) in [6.45, 7) is 5.59. The molecule has 0 fully saturated rings. The second kappa shape index (κ2) is 5.23. The fourth-order valence-corrected chi connectivity index (χ4v) is 1.48. The van der Waals surface area contributed by atoms with E-state index in [1.807, 2.05) is 13.8 Å². The second-order valence-corrected chi connectivity index (χ2v) is 4.27. The highest BCUT2D eigenvalue weighted by Crippen LogP contribution is 2.07. The zero-order chi connectivity index (χ0) is 12.3. The number of rotatable bonds is 4. The summed E-state index contributed by atoms with van der Waals surface area (Å²) < 4.78 is 0. The van der Waals surface area contributed by atoms with Crippen LogP contribution in [0.3, 0.4) is 0 Å². The Labute approximate surface area is 95.5 Å². The molecule has 2 N–H and O–H groups in total. The lowest BCUT2D eigenvalue weighted by molar-refractivity contribution is 0.0963. The fourth-order valence-electron chi connectivity index (χ4n) is 1.48. The molecule has 0 bridgehead atoms. The molecule has 0 aromatic carbocycles. The van der Waals surface area contributed by atoms with Crippen LogP contribution in [-0.4, -0.2) is 27.9 Å². The zero-order valence-electron chi connectivity index (χ0n) is 9.77. The number of pyridine rings is 1. The van der Waals surface area contributed by atoms with Crippen LogP contribution in [0.1, 0.15) is 36.5 Å². The predicted molar refractivity (Wildman–Crippen MR) is 62.6 cm³/mol. The zero-order valence-corrected chi connectivity index (χ0v) is 9.77. The van der Waals surface area contributed by atoms with Crippen molar-refractivity contribution in [1.29, 1.82) is 0 Å². The van der Waals surface area contributed by atoms with E-state index in [1.54, 1.807) is 6.92 Å². The normalized spacial score (nSPS) is 10.6. The van der Waals surface area contributed by atoms with Gasteiger partial charge < -0.3 is 10.0 Å². The molecule has 0 atom stereocenters. The number of hydrogen-bond acceptors (Lipinski definition) is 4. The van der Waals surface area contributed by atoms with Crippen LogP contribution in [0.25, 0.3) is 0 Å². The summed E-state index contributed by atoms with van der Waals surface area (Å²) in [6.07, 6.45) is 0.452. The van der Waals surface area contributed by atoms with Gasteiger partial charge in [0.2, 0.25) is 0 Å². The smallest absolute Gasteiger partial charge is 0.423 e. The summed E-state index contributed by atoms with van der Waals surface area (Å²) in [5.41, 5.74) is 1.20. The van der Waals surface area contributed by atoms with Gasteiger partial charge in [-0.2, -0.15) is 0 Å². The lowest BCUT2D eigenvalue weighted by atomic mass is 9.79. The van der Waals surface area contributed by atoms with Gasteiger partial charge in [0.05, 0.1) is 0 Å². The molecule has 0 aliphatic rings. The molecule has 0 amide bonds. The molecule has 16 heavy (non-hydrogen) atoms. The molecule has 0 unspecified atom stereocenters. The number of aryl methyl sites for hydroxylation is 1. The molecule has 0 spiro atoms. The molecule has 5 heteroatoms. The van der Waals surface area contributed by atoms with E-state index in [2.05, 4.69) is 4.98 Å². The third-order valence-corrected chi connectivity index (χ3v) is 2.28. The van der Waals surface area contributed by atoms with Gasteiger partial charge in [0.1, 0.15) is 5.69 Å². The molecule has 4 nitrogen and oxygen atoms in total. The minimum atomic E-state index is -1.54. The molecule has 1 heterocycles. The van der Waals surface area contributed by atoms with E-state index in [0.29, 0.717) is 23.3 Å². The molecule has 1 aromatic heterocycles. The second-order valence-electron chi connectivity index (χ2n) is 4.27. The van der Waals surface area contributed by atoms with Gasteiger partial charge in [-0.05, 0) is 18.9 Å². The quantitative estimate of drug-likeness (QED) is 0.566. The molecule has 86 valence electrons. The van der Waals surface area contributed by atoms with Crippen molar-refractivity contribution in [3.05, 3.63) is 23.5 Å². The van der Waals surface area contributed by atoms with Gasteiger partial charge in [0, 0.05) is 17.6 Å². The van der Waals surface area contributed by atoms with Crippen molar-refractivity contribution in [2.75, 3.05) is 0 Å². The monoisotopic (exact) mass is 221 g/mol. The Balaban J connectivity index is 2.93. The van der Waals surface area contributed by atoms with Crippen molar-refractivity contribution in [2.24, 2.45) is 5.92 Å².